The highest BCUT2D eigenvalue weighted by molar-refractivity contribution is 5.88. The second kappa shape index (κ2) is 12.4. The number of aliphatic hydroxyl groups excluding tert-OH is 3. The van der Waals surface area contributed by atoms with Gasteiger partial charge in [0.15, 0.2) is 0 Å². The maximum absolute atomic E-state index is 13.1. The highest BCUT2D eigenvalue weighted by Gasteiger charge is 2.42. The van der Waals surface area contributed by atoms with Crippen LogP contribution in [0.15, 0.2) is 40.1 Å². The van der Waals surface area contributed by atoms with Gasteiger partial charge in [-0.1, -0.05) is 51.5 Å². The molecule has 8 heteroatoms. The fraction of sp³-hybridized carbons (Fsp3) is 0.593. The van der Waals surface area contributed by atoms with E-state index in [1.165, 1.54) is 6.26 Å². The number of esters is 1. The first-order valence-corrected chi connectivity index (χ1v) is 12.0. The van der Waals surface area contributed by atoms with Gasteiger partial charge in [0.1, 0.15) is 30.5 Å². The predicted octanol–water partition coefficient (Wildman–Crippen LogP) is 3.76. The summed E-state index contributed by atoms with van der Waals surface area (Å²) < 4.78 is 10.9. The van der Waals surface area contributed by atoms with Crippen LogP contribution in [-0.2, 0) is 20.9 Å². The van der Waals surface area contributed by atoms with Crippen molar-refractivity contribution in [2.45, 2.75) is 85.7 Å². The van der Waals surface area contributed by atoms with Crippen LogP contribution in [0.4, 0.5) is 0 Å². The third-order valence-electron chi connectivity index (χ3n) is 6.71. The molecule has 8 nitrogen and oxygen atoms in total. The number of nitrogens with zero attached hydrogens (tertiary/aromatic N) is 1. The number of rotatable bonds is 3. The van der Waals surface area contributed by atoms with Crippen molar-refractivity contribution < 1.29 is 34.1 Å². The van der Waals surface area contributed by atoms with Crippen LogP contribution < -0.4 is 0 Å². The van der Waals surface area contributed by atoms with E-state index in [0.29, 0.717) is 24.1 Å². The van der Waals surface area contributed by atoms with Gasteiger partial charge in [0.25, 0.3) is 0 Å². The van der Waals surface area contributed by atoms with Crippen molar-refractivity contribution >= 4 is 17.8 Å². The molecule has 2 rings (SSSR count). The van der Waals surface area contributed by atoms with Crippen LogP contribution in [0, 0.1) is 17.3 Å². The summed E-state index contributed by atoms with van der Waals surface area (Å²) in [6, 6.07) is 0. The lowest BCUT2D eigenvalue weighted by Gasteiger charge is -2.34. The molecule has 0 bridgehead atoms. The second-order valence-corrected chi connectivity index (χ2v) is 10.1. The number of allylic oxidation sites excluding steroid dienone is 2. The van der Waals surface area contributed by atoms with Gasteiger partial charge < -0.3 is 24.5 Å². The molecular weight excluding hydrogens is 450 g/mol. The van der Waals surface area contributed by atoms with Crippen molar-refractivity contribution in [3.8, 4) is 0 Å². The lowest BCUT2D eigenvalue weighted by atomic mass is 9.73. The van der Waals surface area contributed by atoms with Gasteiger partial charge in [0.05, 0.1) is 24.0 Å². The number of aliphatic hydroxyl groups is 3. The van der Waals surface area contributed by atoms with Crippen molar-refractivity contribution in [2.24, 2.45) is 17.3 Å². The maximum Gasteiger partial charge on any atom is 0.309 e. The predicted molar refractivity (Wildman–Crippen MR) is 132 cm³/mol. The molecule has 0 amide bonds. The lowest BCUT2D eigenvalue weighted by Crippen LogP contribution is -2.45. The van der Waals surface area contributed by atoms with E-state index in [-0.39, 0.29) is 30.6 Å². The van der Waals surface area contributed by atoms with Gasteiger partial charge in [-0.25, -0.2) is 4.98 Å². The molecule has 5 atom stereocenters. The number of carbonyl (C=O) groups excluding carboxylic acids is 2. The Morgan fingerprint density at radius 3 is 2.57 bits per heavy atom. The first-order chi connectivity index (χ1) is 16.4. The van der Waals surface area contributed by atoms with Crippen LogP contribution in [0.3, 0.4) is 0 Å². The van der Waals surface area contributed by atoms with Crippen molar-refractivity contribution in [1.29, 1.82) is 0 Å². The topological polar surface area (TPSA) is 130 Å². The Labute approximate surface area is 207 Å². The van der Waals surface area contributed by atoms with E-state index < -0.39 is 35.6 Å². The minimum atomic E-state index is -1.28. The number of carbonyl (C=O) groups is 2. The van der Waals surface area contributed by atoms with E-state index in [9.17, 15) is 19.8 Å². The molecule has 0 saturated heterocycles. The van der Waals surface area contributed by atoms with Gasteiger partial charge in [-0.3, -0.25) is 9.59 Å². The fourth-order valence-corrected chi connectivity index (χ4v) is 4.07. The average molecular weight is 490 g/mol. The first-order valence-electron chi connectivity index (χ1n) is 12.0. The molecule has 0 spiro atoms. The van der Waals surface area contributed by atoms with Crippen molar-refractivity contribution in [1.82, 2.24) is 4.98 Å². The second-order valence-electron chi connectivity index (χ2n) is 10.1. The van der Waals surface area contributed by atoms with E-state index in [4.69, 9.17) is 14.3 Å². The Hall–Kier alpha value is -2.55. The number of hydrogen-bond acceptors (Lipinski definition) is 8. The summed E-state index contributed by atoms with van der Waals surface area (Å²) in [6.45, 7) is 10.1. The van der Waals surface area contributed by atoms with Crippen molar-refractivity contribution in [3.63, 3.8) is 0 Å². The maximum atomic E-state index is 13.1. The standard InChI is InChI=1S/C27H39NO7/c1-16-8-7-9-17(2)25(32)19(4)26(33)27(5,6)22(30)13-24(31)35-21(11-10-16)18(3)12-20-15-34-23(14-29)28-20/h7,9-10,12,15,17,19,21-22,25,29-30,32H,8,11,13-14H2,1-6H3/b9-7+,16-10-,18-12+/t17-,19+,21-,22?,25-/m0/s1. The van der Waals surface area contributed by atoms with Gasteiger partial charge in [0.2, 0.25) is 5.89 Å². The largest absolute Gasteiger partial charge is 0.457 e. The lowest BCUT2D eigenvalue weighted by molar-refractivity contribution is -0.154. The molecule has 1 aliphatic heterocycles. The van der Waals surface area contributed by atoms with Crippen molar-refractivity contribution in [3.05, 3.63) is 47.2 Å². The van der Waals surface area contributed by atoms with E-state index >= 15 is 0 Å². The molecule has 0 aromatic carbocycles. The number of Topliss-reactive ketones (excluding diaryl/α,β-unsaturated/α-hetero) is 1. The normalized spacial score (nSPS) is 32.0. The van der Waals surface area contributed by atoms with E-state index in [1.54, 1.807) is 33.8 Å². The zero-order valence-electron chi connectivity index (χ0n) is 21.5. The molecule has 2 heterocycles. The summed E-state index contributed by atoms with van der Waals surface area (Å²) in [7, 11) is 0. The number of cyclic esters (lactones) is 1. The van der Waals surface area contributed by atoms with Crippen LogP contribution in [0.1, 0.15) is 72.4 Å². The Kier molecular flexibility index (Phi) is 10.2. The molecule has 0 fully saturated rings. The van der Waals surface area contributed by atoms with Crippen LogP contribution in [0.2, 0.25) is 0 Å². The number of oxazole rings is 1. The summed E-state index contributed by atoms with van der Waals surface area (Å²) in [5.74, 6) is -1.73. The number of hydrogen-bond donors (Lipinski definition) is 3. The molecule has 194 valence electrons. The minimum absolute atomic E-state index is 0.185. The molecule has 1 unspecified atom stereocenters. The molecule has 0 aliphatic carbocycles. The molecule has 1 aromatic rings. The highest BCUT2D eigenvalue weighted by atomic mass is 16.5. The smallest absolute Gasteiger partial charge is 0.309 e. The van der Waals surface area contributed by atoms with E-state index in [2.05, 4.69) is 4.98 Å². The van der Waals surface area contributed by atoms with Crippen molar-refractivity contribution in [2.75, 3.05) is 0 Å². The Morgan fingerprint density at radius 2 is 1.94 bits per heavy atom. The summed E-state index contributed by atoms with van der Waals surface area (Å²) in [5, 5.41) is 30.7. The molecular formula is C27H39NO7. The molecule has 0 saturated carbocycles. The Balaban J connectivity index is 2.37. The summed E-state index contributed by atoms with van der Waals surface area (Å²) >= 11 is 0. The molecule has 1 aliphatic rings. The van der Waals surface area contributed by atoms with Gasteiger partial charge in [0, 0.05) is 18.3 Å². The number of aromatic nitrogens is 1. The zero-order valence-corrected chi connectivity index (χ0v) is 21.5. The molecule has 35 heavy (non-hydrogen) atoms. The van der Waals surface area contributed by atoms with Crippen LogP contribution in [-0.4, -0.2) is 50.4 Å². The fourth-order valence-electron chi connectivity index (χ4n) is 4.07. The summed E-state index contributed by atoms with van der Waals surface area (Å²) in [4.78, 5) is 30.1. The third kappa shape index (κ3) is 7.72. The highest BCUT2D eigenvalue weighted by Crippen LogP contribution is 2.31. The first kappa shape index (κ1) is 28.7. The van der Waals surface area contributed by atoms with Gasteiger partial charge in [-0.15, -0.1) is 0 Å². The van der Waals surface area contributed by atoms with E-state index in [1.807, 2.05) is 32.1 Å². The van der Waals surface area contributed by atoms with Gasteiger partial charge in [-0.2, -0.15) is 0 Å². The van der Waals surface area contributed by atoms with Crippen LogP contribution >= 0.6 is 0 Å². The average Bonchev–Trinajstić information content (AvgIpc) is 3.26. The van der Waals surface area contributed by atoms with Gasteiger partial charge in [-0.05, 0) is 31.9 Å². The van der Waals surface area contributed by atoms with Crippen LogP contribution in [0.25, 0.3) is 6.08 Å². The summed E-state index contributed by atoms with van der Waals surface area (Å²) in [5.41, 5.74) is 1.01. The number of ketones is 1. The Bertz CT molecular complexity index is 972. The minimum Gasteiger partial charge on any atom is -0.457 e. The zero-order chi connectivity index (χ0) is 26.3. The monoisotopic (exact) mass is 489 g/mol. The summed E-state index contributed by atoms with van der Waals surface area (Å²) in [6.07, 6.45) is 6.87. The molecule has 0 radical (unpaired) electrons. The quantitative estimate of drug-likeness (QED) is 0.432. The molecule has 1 aromatic heterocycles. The molecule has 3 N–H and O–H groups in total. The number of ether oxygens (including phenoxy) is 1. The van der Waals surface area contributed by atoms with Gasteiger partial charge >= 0.3 is 5.97 Å². The van der Waals surface area contributed by atoms with E-state index in [0.717, 1.165) is 5.57 Å². The third-order valence-corrected chi connectivity index (χ3v) is 6.71. The van der Waals surface area contributed by atoms with Crippen LogP contribution in [0.5, 0.6) is 0 Å². The Morgan fingerprint density at radius 1 is 1.26 bits per heavy atom. The SMILES string of the molecule is C/C1=C/C[C@@H](/C(C)=C/c2coc(CO)n2)OC(=O)CC(O)C(C)(C)C(=O)[C@H](C)[C@@H](O)[C@@H](C)/C=C/C1.